The van der Waals surface area contributed by atoms with Crippen molar-refractivity contribution in [3.05, 3.63) is 58.4 Å². The number of anilines is 1. The van der Waals surface area contributed by atoms with E-state index in [0.29, 0.717) is 34.6 Å². The number of aromatic nitrogens is 2. The second kappa shape index (κ2) is 7.16. The zero-order chi connectivity index (χ0) is 18.8. The lowest BCUT2D eigenvalue weighted by Crippen LogP contribution is -2.13. The molecule has 0 radical (unpaired) electrons. The molecule has 27 heavy (non-hydrogen) atoms. The summed E-state index contributed by atoms with van der Waals surface area (Å²) in [6.45, 7) is 0.211. The summed E-state index contributed by atoms with van der Waals surface area (Å²) in [6.07, 6.45) is 0.389. The van der Waals surface area contributed by atoms with Crippen molar-refractivity contribution >= 4 is 23.5 Å². The van der Waals surface area contributed by atoms with E-state index in [0.717, 1.165) is 5.56 Å². The largest absolute Gasteiger partial charge is 0.496 e. The van der Waals surface area contributed by atoms with Crippen molar-refractivity contribution in [1.29, 1.82) is 0 Å². The molecule has 0 unspecified atom stereocenters. The third-order valence-electron chi connectivity index (χ3n) is 3.89. The molecule has 1 N–H and O–H groups in total. The molecule has 0 bridgehead atoms. The lowest BCUT2D eigenvalue weighted by atomic mass is 10.1. The van der Waals surface area contributed by atoms with E-state index in [2.05, 4.69) is 15.5 Å². The average Bonchev–Trinajstić information content (AvgIpc) is 3.30. The molecule has 2 heterocycles. The zero-order valence-electron chi connectivity index (χ0n) is 14.2. The maximum atomic E-state index is 12.4. The van der Waals surface area contributed by atoms with Crippen LogP contribution in [0, 0.1) is 0 Å². The molecule has 4 rings (SSSR count). The lowest BCUT2D eigenvalue weighted by molar-refractivity contribution is 0.102. The average molecular weight is 388 g/mol. The number of nitrogens with one attached hydrogen (secondary N) is 1. The molecule has 0 spiro atoms. The molecule has 1 aromatic heterocycles. The number of fused-ring (bicyclic) bond motifs is 1. The minimum Gasteiger partial charge on any atom is -0.496 e. The maximum absolute atomic E-state index is 12.4. The smallest absolute Gasteiger partial charge is 0.322 e. The highest BCUT2D eigenvalue weighted by Crippen LogP contribution is 2.33. The Hall–Kier alpha value is -3.26. The molecule has 1 aliphatic rings. The summed E-state index contributed by atoms with van der Waals surface area (Å²) in [5.41, 5.74) is 1.18. The quantitative estimate of drug-likeness (QED) is 0.717. The number of benzene rings is 2. The first-order valence-corrected chi connectivity index (χ1v) is 8.36. The van der Waals surface area contributed by atoms with Gasteiger partial charge in [-0.05, 0) is 35.9 Å². The molecule has 0 saturated carbocycles. The van der Waals surface area contributed by atoms with Gasteiger partial charge >= 0.3 is 6.01 Å². The second-order valence-electron chi connectivity index (χ2n) is 5.66. The molecule has 0 aliphatic carbocycles. The standard InChI is InChI=1S/C18H14ClN3O5/c1-24-13-5-3-11(19)8-12(13)17(23)20-18-22-21-16(27-18)7-10-2-4-14-15(6-10)26-9-25-14/h2-6,8H,7,9H2,1H3,(H,20,22,23). The van der Waals surface area contributed by atoms with Gasteiger partial charge in [0.05, 0.1) is 19.1 Å². The number of rotatable bonds is 5. The molecule has 8 nitrogen and oxygen atoms in total. The topological polar surface area (TPSA) is 95.7 Å². The number of ether oxygens (including phenoxy) is 3. The van der Waals surface area contributed by atoms with Gasteiger partial charge in [-0.15, -0.1) is 5.10 Å². The molecule has 0 atom stereocenters. The van der Waals surface area contributed by atoms with E-state index in [1.807, 2.05) is 18.2 Å². The van der Waals surface area contributed by atoms with Crippen LogP contribution >= 0.6 is 11.6 Å². The van der Waals surface area contributed by atoms with Gasteiger partial charge in [0.2, 0.25) is 12.7 Å². The van der Waals surface area contributed by atoms with E-state index in [9.17, 15) is 4.79 Å². The summed E-state index contributed by atoms with van der Waals surface area (Å²) < 4.78 is 21.3. The van der Waals surface area contributed by atoms with Crippen molar-refractivity contribution in [2.75, 3.05) is 19.2 Å². The fourth-order valence-electron chi connectivity index (χ4n) is 2.62. The Labute approximate surface area is 159 Å². The highest BCUT2D eigenvalue weighted by atomic mass is 35.5. The maximum Gasteiger partial charge on any atom is 0.322 e. The predicted molar refractivity (Wildman–Crippen MR) is 95.6 cm³/mol. The SMILES string of the molecule is COc1ccc(Cl)cc1C(=O)Nc1nnc(Cc2ccc3c(c2)OCO3)o1. The van der Waals surface area contributed by atoms with E-state index in [1.54, 1.807) is 12.1 Å². The molecule has 1 aliphatic heterocycles. The molecule has 0 saturated heterocycles. The fraction of sp³-hybridized carbons (Fsp3) is 0.167. The predicted octanol–water partition coefficient (Wildman–Crippen LogP) is 3.30. The van der Waals surface area contributed by atoms with Crippen LogP contribution in [0.25, 0.3) is 0 Å². The van der Waals surface area contributed by atoms with Crippen LogP contribution in [-0.2, 0) is 6.42 Å². The van der Waals surface area contributed by atoms with Crippen molar-refractivity contribution in [3.8, 4) is 17.2 Å². The lowest BCUT2D eigenvalue weighted by Gasteiger charge is -2.07. The minimum atomic E-state index is -0.465. The minimum absolute atomic E-state index is 0.0160. The molecule has 1 amide bonds. The third-order valence-corrected chi connectivity index (χ3v) is 4.12. The number of amides is 1. The normalized spacial score (nSPS) is 12.1. The Kier molecular flexibility index (Phi) is 4.55. The number of hydrogen-bond donors (Lipinski definition) is 1. The number of halogens is 1. The Bertz CT molecular complexity index is 1000. The van der Waals surface area contributed by atoms with Crippen LogP contribution in [0.5, 0.6) is 17.2 Å². The first kappa shape index (κ1) is 17.2. The van der Waals surface area contributed by atoms with E-state index >= 15 is 0 Å². The van der Waals surface area contributed by atoms with Crippen LogP contribution in [0.1, 0.15) is 21.8 Å². The first-order chi connectivity index (χ1) is 13.1. The molecule has 3 aromatic rings. The van der Waals surface area contributed by atoms with Crippen LogP contribution in [0.15, 0.2) is 40.8 Å². The summed E-state index contributed by atoms with van der Waals surface area (Å²) in [5.74, 6) is 1.65. The van der Waals surface area contributed by atoms with E-state index in [1.165, 1.54) is 13.2 Å². The van der Waals surface area contributed by atoms with Gasteiger partial charge in [-0.25, -0.2) is 0 Å². The van der Waals surface area contributed by atoms with Crippen LogP contribution in [0.2, 0.25) is 5.02 Å². The van der Waals surface area contributed by atoms with Crippen molar-refractivity contribution in [2.45, 2.75) is 6.42 Å². The summed E-state index contributed by atoms with van der Waals surface area (Å²) in [6, 6.07) is 10.3. The van der Waals surface area contributed by atoms with Gasteiger partial charge in [0, 0.05) is 5.02 Å². The number of carbonyl (C=O) groups excluding carboxylic acids is 1. The van der Waals surface area contributed by atoms with Crippen molar-refractivity contribution in [1.82, 2.24) is 10.2 Å². The van der Waals surface area contributed by atoms with Crippen molar-refractivity contribution < 1.29 is 23.4 Å². The van der Waals surface area contributed by atoms with Gasteiger partial charge in [0.15, 0.2) is 11.5 Å². The van der Waals surface area contributed by atoms with Gasteiger partial charge in [-0.2, -0.15) is 0 Å². The molecule has 9 heteroatoms. The fourth-order valence-corrected chi connectivity index (χ4v) is 2.80. The Balaban J connectivity index is 1.47. The van der Waals surface area contributed by atoms with Gasteiger partial charge in [-0.1, -0.05) is 22.8 Å². The summed E-state index contributed by atoms with van der Waals surface area (Å²) in [7, 11) is 1.47. The van der Waals surface area contributed by atoms with Gasteiger partial charge < -0.3 is 18.6 Å². The number of carbonyl (C=O) groups is 1. The van der Waals surface area contributed by atoms with E-state index in [-0.39, 0.29) is 18.4 Å². The number of nitrogens with zero attached hydrogens (tertiary/aromatic N) is 2. The first-order valence-electron chi connectivity index (χ1n) is 7.98. The molecular weight excluding hydrogens is 374 g/mol. The van der Waals surface area contributed by atoms with Crippen LogP contribution in [0.3, 0.4) is 0 Å². The Morgan fingerprint density at radius 2 is 2.04 bits per heavy atom. The van der Waals surface area contributed by atoms with Gasteiger partial charge in [0.1, 0.15) is 5.75 Å². The summed E-state index contributed by atoms with van der Waals surface area (Å²) in [4.78, 5) is 12.4. The number of hydrogen-bond acceptors (Lipinski definition) is 7. The molecule has 0 fully saturated rings. The van der Waals surface area contributed by atoms with Crippen LogP contribution in [0.4, 0.5) is 6.01 Å². The van der Waals surface area contributed by atoms with Crippen molar-refractivity contribution in [3.63, 3.8) is 0 Å². The van der Waals surface area contributed by atoms with Crippen LogP contribution < -0.4 is 19.5 Å². The summed E-state index contributed by atoms with van der Waals surface area (Å²) >= 11 is 5.95. The highest BCUT2D eigenvalue weighted by molar-refractivity contribution is 6.31. The molecular formula is C18H14ClN3O5. The number of methoxy groups -OCH3 is 1. The third kappa shape index (κ3) is 3.65. The Morgan fingerprint density at radius 1 is 1.19 bits per heavy atom. The van der Waals surface area contributed by atoms with Gasteiger partial charge in [-0.3, -0.25) is 10.1 Å². The highest BCUT2D eigenvalue weighted by Gasteiger charge is 2.18. The second-order valence-corrected chi connectivity index (χ2v) is 6.10. The molecule has 2 aromatic carbocycles. The van der Waals surface area contributed by atoms with E-state index in [4.69, 9.17) is 30.2 Å². The van der Waals surface area contributed by atoms with Crippen molar-refractivity contribution in [2.24, 2.45) is 0 Å². The monoisotopic (exact) mass is 387 g/mol. The zero-order valence-corrected chi connectivity index (χ0v) is 14.9. The van der Waals surface area contributed by atoms with E-state index < -0.39 is 5.91 Å². The Morgan fingerprint density at radius 3 is 2.89 bits per heavy atom. The summed E-state index contributed by atoms with van der Waals surface area (Å²) in [5, 5.41) is 10.8. The van der Waals surface area contributed by atoms with Crippen LogP contribution in [-0.4, -0.2) is 30.0 Å². The van der Waals surface area contributed by atoms with Gasteiger partial charge in [0.25, 0.3) is 5.91 Å². The molecule has 138 valence electrons.